The third-order valence-electron chi connectivity index (χ3n) is 2.31. The van der Waals surface area contributed by atoms with Gasteiger partial charge in [-0.15, -0.1) is 0 Å². The molecule has 14 heavy (non-hydrogen) atoms. The van der Waals surface area contributed by atoms with E-state index in [0.717, 1.165) is 16.8 Å². The number of ether oxygens (including phenoxy) is 1. The van der Waals surface area contributed by atoms with Gasteiger partial charge in [-0.05, 0) is 25.0 Å². The van der Waals surface area contributed by atoms with Crippen LogP contribution in [0.25, 0.3) is 0 Å². The summed E-state index contributed by atoms with van der Waals surface area (Å²) in [5.74, 6) is 0. The quantitative estimate of drug-likeness (QED) is 0.717. The van der Waals surface area contributed by atoms with E-state index in [0.29, 0.717) is 6.61 Å². The van der Waals surface area contributed by atoms with Crippen LogP contribution < -0.4 is 11.5 Å². The number of hydrogen-bond acceptors (Lipinski definition) is 3. The Morgan fingerprint density at radius 1 is 1.36 bits per heavy atom. The van der Waals surface area contributed by atoms with Gasteiger partial charge in [-0.2, -0.15) is 0 Å². The molecule has 0 radical (unpaired) electrons. The lowest BCUT2D eigenvalue weighted by Gasteiger charge is -2.16. The number of nitrogen functional groups attached to an aromatic ring is 1. The van der Waals surface area contributed by atoms with E-state index >= 15 is 0 Å². The molecule has 0 bridgehead atoms. The predicted molar refractivity (Wildman–Crippen MR) is 59.1 cm³/mol. The Hall–Kier alpha value is -1.06. The Morgan fingerprint density at radius 3 is 2.57 bits per heavy atom. The molecular formula is C11H18N2O. The Kier molecular flexibility index (Phi) is 3.49. The first kappa shape index (κ1) is 11.0. The van der Waals surface area contributed by atoms with Crippen molar-refractivity contribution >= 4 is 5.69 Å². The molecule has 0 fully saturated rings. The fraction of sp³-hybridized carbons (Fsp3) is 0.455. The SMILES string of the molecule is COCC(N)c1cc(C)cc(C)c1N. The molecule has 1 unspecified atom stereocenters. The third kappa shape index (κ3) is 2.25. The van der Waals surface area contributed by atoms with Crippen molar-refractivity contribution in [2.24, 2.45) is 5.73 Å². The highest BCUT2D eigenvalue weighted by molar-refractivity contribution is 5.56. The van der Waals surface area contributed by atoms with Gasteiger partial charge in [-0.1, -0.05) is 17.7 Å². The fourth-order valence-electron chi connectivity index (χ4n) is 1.59. The lowest BCUT2D eigenvalue weighted by Crippen LogP contribution is -2.18. The second kappa shape index (κ2) is 4.44. The van der Waals surface area contributed by atoms with Crippen molar-refractivity contribution in [1.82, 2.24) is 0 Å². The Labute approximate surface area is 85.0 Å². The van der Waals surface area contributed by atoms with E-state index in [2.05, 4.69) is 6.07 Å². The summed E-state index contributed by atoms with van der Waals surface area (Å²) in [4.78, 5) is 0. The molecule has 0 amide bonds. The first-order chi connectivity index (χ1) is 6.56. The molecule has 1 aromatic carbocycles. The maximum atomic E-state index is 5.95. The third-order valence-corrected chi connectivity index (χ3v) is 2.31. The molecule has 0 aliphatic rings. The van der Waals surface area contributed by atoms with Crippen molar-refractivity contribution in [2.45, 2.75) is 19.9 Å². The van der Waals surface area contributed by atoms with E-state index < -0.39 is 0 Å². The average Bonchev–Trinajstić information content (AvgIpc) is 2.11. The highest BCUT2D eigenvalue weighted by Crippen LogP contribution is 2.24. The molecule has 4 N–H and O–H groups in total. The molecule has 1 aromatic rings. The minimum Gasteiger partial charge on any atom is -0.398 e. The molecule has 0 saturated heterocycles. The Balaban J connectivity index is 3.07. The van der Waals surface area contributed by atoms with Gasteiger partial charge < -0.3 is 16.2 Å². The van der Waals surface area contributed by atoms with Crippen LogP contribution in [0.5, 0.6) is 0 Å². The van der Waals surface area contributed by atoms with Crippen molar-refractivity contribution < 1.29 is 4.74 Å². The van der Waals surface area contributed by atoms with E-state index in [1.807, 2.05) is 19.9 Å². The van der Waals surface area contributed by atoms with Crippen molar-refractivity contribution in [3.05, 3.63) is 28.8 Å². The molecule has 0 aromatic heterocycles. The van der Waals surface area contributed by atoms with E-state index in [4.69, 9.17) is 16.2 Å². The predicted octanol–water partition coefficient (Wildman–Crippen LogP) is 1.53. The minimum absolute atomic E-state index is 0.140. The molecule has 1 rings (SSSR count). The summed E-state index contributed by atoms with van der Waals surface area (Å²) in [5, 5.41) is 0. The molecule has 3 heteroatoms. The topological polar surface area (TPSA) is 61.3 Å². The molecule has 0 heterocycles. The van der Waals surface area contributed by atoms with Crippen molar-refractivity contribution in [1.29, 1.82) is 0 Å². The maximum absolute atomic E-state index is 5.95. The van der Waals surface area contributed by atoms with E-state index in [1.165, 1.54) is 5.56 Å². The van der Waals surface area contributed by atoms with Gasteiger partial charge in [0.15, 0.2) is 0 Å². The number of benzene rings is 1. The van der Waals surface area contributed by atoms with Crippen LogP contribution in [0.2, 0.25) is 0 Å². The van der Waals surface area contributed by atoms with Crippen LogP contribution in [0.15, 0.2) is 12.1 Å². The zero-order valence-corrected chi connectivity index (χ0v) is 9.00. The number of methoxy groups -OCH3 is 1. The fourth-order valence-corrected chi connectivity index (χ4v) is 1.59. The van der Waals surface area contributed by atoms with E-state index in [1.54, 1.807) is 7.11 Å². The molecule has 0 saturated carbocycles. The lowest BCUT2D eigenvalue weighted by molar-refractivity contribution is 0.181. The van der Waals surface area contributed by atoms with Gasteiger partial charge in [0.2, 0.25) is 0 Å². The van der Waals surface area contributed by atoms with Gasteiger partial charge in [0.1, 0.15) is 0 Å². The number of hydrogen-bond donors (Lipinski definition) is 2. The second-order valence-electron chi connectivity index (χ2n) is 3.65. The van der Waals surface area contributed by atoms with Crippen LogP contribution in [0.1, 0.15) is 22.7 Å². The zero-order valence-electron chi connectivity index (χ0n) is 9.00. The number of nitrogens with two attached hydrogens (primary N) is 2. The standard InChI is InChI=1S/C11H18N2O/c1-7-4-8(2)11(13)9(5-7)10(12)6-14-3/h4-5,10H,6,12-13H2,1-3H3. The molecule has 0 aliphatic heterocycles. The summed E-state index contributed by atoms with van der Waals surface area (Å²) in [7, 11) is 1.64. The second-order valence-corrected chi connectivity index (χ2v) is 3.65. The van der Waals surface area contributed by atoms with Gasteiger partial charge in [0, 0.05) is 12.8 Å². The molecule has 3 nitrogen and oxygen atoms in total. The summed E-state index contributed by atoms with van der Waals surface area (Å²) >= 11 is 0. The molecule has 0 spiro atoms. The van der Waals surface area contributed by atoms with E-state index in [9.17, 15) is 0 Å². The maximum Gasteiger partial charge on any atom is 0.0656 e. The highest BCUT2D eigenvalue weighted by Gasteiger charge is 2.11. The minimum atomic E-state index is -0.140. The normalized spacial score (nSPS) is 12.9. The molecule has 0 aliphatic carbocycles. The van der Waals surface area contributed by atoms with Crippen LogP contribution in [-0.2, 0) is 4.74 Å². The Morgan fingerprint density at radius 2 is 2.00 bits per heavy atom. The largest absolute Gasteiger partial charge is 0.398 e. The van der Waals surface area contributed by atoms with Crippen molar-refractivity contribution in [3.8, 4) is 0 Å². The number of rotatable bonds is 3. The first-order valence-electron chi connectivity index (χ1n) is 4.67. The monoisotopic (exact) mass is 194 g/mol. The van der Waals surface area contributed by atoms with Crippen LogP contribution in [0, 0.1) is 13.8 Å². The van der Waals surface area contributed by atoms with Gasteiger partial charge >= 0.3 is 0 Å². The molecular weight excluding hydrogens is 176 g/mol. The van der Waals surface area contributed by atoms with Gasteiger partial charge in [0.05, 0.1) is 12.6 Å². The molecule has 78 valence electrons. The van der Waals surface area contributed by atoms with Crippen molar-refractivity contribution in [3.63, 3.8) is 0 Å². The summed E-state index contributed by atoms with van der Waals surface area (Å²) in [5.41, 5.74) is 15.9. The van der Waals surface area contributed by atoms with Crippen LogP contribution in [0.4, 0.5) is 5.69 Å². The van der Waals surface area contributed by atoms with Gasteiger partial charge in [-0.3, -0.25) is 0 Å². The van der Waals surface area contributed by atoms with Crippen LogP contribution in [-0.4, -0.2) is 13.7 Å². The zero-order chi connectivity index (χ0) is 10.7. The highest BCUT2D eigenvalue weighted by atomic mass is 16.5. The Bertz CT molecular complexity index is 323. The summed E-state index contributed by atoms with van der Waals surface area (Å²) in [6.45, 7) is 4.52. The lowest BCUT2D eigenvalue weighted by atomic mass is 9.99. The van der Waals surface area contributed by atoms with Gasteiger partial charge in [-0.25, -0.2) is 0 Å². The molecule has 1 atom stereocenters. The summed E-state index contributed by atoms with van der Waals surface area (Å²) < 4.78 is 5.01. The number of anilines is 1. The van der Waals surface area contributed by atoms with E-state index in [-0.39, 0.29) is 6.04 Å². The van der Waals surface area contributed by atoms with Crippen molar-refractivity contribution in [2.75, 3.05) is 19.5 Å². The van der Waals surface area contributed by atoms with Crippen LogP contribution in [0.3, 0.4) is 0 Å². The first-order valence-corrected chi connectivity index (χ1v) is 4.67. The smallest absolute Gasteiger partial charge is 0.0656 e. The number of aryl methyl sites for hydroxylation is 2. The van der Waals surface area contributed by atoms with Gasteiger partial charge in [0.25, 0.3) is 0 Å². The summed E-state index contributed by atoms with van der Waals surface area (Å²) in [6.07, 6.45) is 0. The summed E-state index contributed by atoms with van der Waals surface area (Å²) in [6, 6.07) is 3.93. The van der Waals surface area contributed by atoms with Crippen LogP contribution >= 0.6 is 0 Å². The average molecular weight is 194 g/mol.